The van der Waals surface area contributed by atoms with E-state index in [4.69, 9.17) is 0 Å². The van der Waals surface area contributed by atoms with Crippen LogP contribution in [0.5, 0.6) is 0 Å². The van der Waals surface area contributed by atoms with E-state index in [0.717, 1.165) is 12.4 Å². The normalized spacial score (nSPS) is 10.3. The van der Waals surface area contributed by atoms with Gasteiger partial charge < -0.3 is 10.2 Å². The van der Waals surface area contributed by atoms with Crippen molar-refractivity contribution in [2.75, 3.05) is 20.1 Å². The molecular formula is C16H16F2N4O2. The average molecular weight is 334 g/mol. The van der Waals surface area contributed by atoms with E-state index in [2.05, 4.69) is 15.3 Å². The quantitative estimate of drug-likeness (QED) is 0.815. The van der Waals surface area contributed by atoms with Crippen LogP contribution >= 0.6 is 0 Å². The van der Waals surface area contributed by atoms with E-state index in [9.17, 15) is 18.4 Å². The molecule has 2 amide bonds. The monoisotopic (exact) mass is 334 g/mol. The second-order valence-corrected chi connectivity index (χ2v) is 5.05. The van der Waals surface area contributed by atoms with Crippen molar-refractivity contribution in [1.29, 1.82) is 0 Å². The van der Waals surface area contributed by atoms with Gasteiger partial charge in [-0.25, -0.2) is 8.78 Å². The van der Waals surface area contributed by atoms with Crippen molar-refractivity contribution in [2.45, 2.75) is 6.42 Å². The van der Waals surface area contributed by atoms with Crippen molar-refractivity contribution in [3.8, 4) is 0 Å². The number of hydrogen-bond acceptors (Lipinski definition) is 4. The van der Waals surface area contributed by atoms with Crippen LogP contribution in [0.25, 0.3) is 0 Å². The minimum Gasteiger partial charge on any atom is -0.352 e. The number of halogens is 2. The van der Waals surface area contributed by atoms with E-state index in [-0.39, 0.29) is 17.7 Å². The lowest BCUT2D eigenvalue weighted by Gasteiger charge is -2.17. The van der Waals surface area contributed by atoms with Crippen molar-refractivity contribution >= 4 is 11.8 Å². The van der Waals surface area contributed by atoms with Gasteiger partial charge in [-0.15, -0.1) is 0 Å². The molecule has 0 aromatic carbocycles. The standard InChI is InChI=1S/C16H16F2N4O2/c1-22(16(24)12-4-7-20-10-14(12)18)8-2-5-21-15(23)11-3-6-19-9-13(11)17/h3-4,6-7,9-10H,2,5,8H2,1H3,(H,21,23). The summed E-state index contributed by atoms with van der Waals surface area (Å²) in [5.41, 5.74) is -0.149. The highest BCUT2D eigenvalue weighted by Crippen LogP contribution is 2.08. The van der Waals surface area contributed by atoms with Crippen LogP contribution < -0.4 is 5.32 Å². The summed E-state index contributed by atoms with van der Waals surface area (Å²) in [6.07, 6.45) is 5.05. The molecule has 0 atom stereocenters. The van der Waals surface area contributed by atoms with Crippen LogP contribution in [0.3, 0.4) is 0 Å². The molecule has 0 aliphatic heterocycles. The molecule has 8 heteroatoms. The van der Waals surface area contributed by atoms with Crippen molar-refractivity contribution in [3.05, 3.63) is 59.7 Å². The number of nitrogens with one attached hydrogen (secondary N) is 1. The lowest BCUT2D eigenvalue weighted by molar-refractivity contribution is 0.0788. The molecule has 0 fully saturated rings. The van der Waals surface area contributed by atoms with Crippen molar-refractivity contribution < 1.29 is 18.4 Å². The Kier molecular flexibility index (Phi) is 5.89. The fourth-order valence-corrected chi connectivity index (χ4v) is 2.03. The third-order valence-corrected chi connectivity index (χ3v) is 3.32. The molecule has 0 saturated heterocycles. The summed E-state index contributed by atoms with van der Waals surface area (Å²) < 4.78 is 26.9. The first-order chi connectivity index (χ1) is 11.5. The minimum atomic E-state index is -0.699. The van der Waals surface area contributed by atoms with E-state index in [0.29, 0.717) is 13.0 Å². The number of amides is 2. The second kappa shape index (κ2) is 8.09. The molecule has 0 bridgehead atoms. The van der Waals surface area contributed by atoms with Crippen molar-refractivity contribution in [1.82, 2.24) is 20.2 Å². The zero-order valence-electron chi connectivity index (χ0n) is 13.0. The molecule has 0 saturated carbocycles. The average Bonchev–Trinajstić information content (AvgIpc) is 2.58. The number of hydrogen-bond donors (Lipinski definition) is 1. The van der Waals surface area contributed by atoms with E-state index >= 15 is 0 Å². The smallest absolute Gasteiger partial charge is 0.256 e. The third kappa shape index (κ3) is 4.31. The largest absolute Gasteiger partial charge is 0.352 e. The van der Waals surface area contributed by atoms with Gasteiger partial charge in [0.25, 0.3) is 11.8 Å². The molecule has 2 aromatic rings. The highest BCUT2D eigenvalue weighted by Gasteiger charge is 2.16. The molecule has 0 aliphatic rings. The number of pyridine rings is 2. The van der Waals surface area contributed by atoms with Gasteiger partial charge in [-0.05, 0) is 18.6 Å². The van der Waals surface area contributed by atoms with Gasteiger partial charge in [0, 0.05) is 32.5 Å². The fourth-order valence-electron chi connectivity index (χ4n) is 2.03. The highest BCUT2D eigenvalue weighted by atomic mass is 19.1. The molecule has 1 N–H and O–H groups in total. The molecule has 2 rings (SSSR count). The number of carbonyl (C=O) groups excluding carboxylic acids is 2. The Morgan fingerprint density at radius 1 is 1.08 bits per heavy atom. The van der Waals surface area contributed by atoms with E-state index in [1.54, 1.807) is 0 Å². The molecule has 0 unspecified atom stereocenters. The summed E-state index contributed by atoms with van der Waals surface area (Å²) in [6, 6.07) is 2.59. The molecule has 126 valence electrons. The lowest BCUT2D eigenvalue weighted by Crippen LogP contribution is -2.32. The van der Waals surface area contributed by atoms with Gasteiger partial charge in [0.1, 0.15) is 0 Å². The van der Waals surface area contributed by atoms with Crippen LogP contribution in [0.15, 0.2) is 36.9 Å². The minimum absolute atomic E-state index is 0.0598. The van der Waals surface area contributed by atoms with Gasteiger partial charge in [-0.3, -0.25) is 19.6 Å². The molecule has 2 aromatic heterocycles. The van der Waals surface area contributed by atoms with E-state index < -0.39 is 23.4 Å². The highest BCUT2D eigenvalue weighted by molar-refractivity contribution is 5.94. The van der Waals surface area contributed by atoms with Gasteiger partial charge in [0.15, 0.2) is 11.6 Å². The van der Waals surface area contributed by atoms with Crippen LogP contribution in [0.4, 0.5) is 8.78 Å². The third-order valence-electron chi connectivity index (χ3n) is 3.32. The zero-order valence-corrected chi connectivity index (χ0v) is 13.0. The molecule has 2 heterocycles. The predicted octanol–water partition coefficient (Wildman–Crippen LogP) is 1.65. The Labute approximate surface area is 137 Å². The van der Waals surface area contributed by atoms with Gasteiger partial charge in [-0.1, -0.05) is 0 Å². The Hall–Kier alpha value is -2.90. The molecule has 0 spiro atoms. The van der Waals surface area contributed by atoms with Gasteiger partial charge in [-0.2, -0.15) is 0 Å². The summed E-state index contributed by atoms with van der Waals surface area (Å²) in [4.78, 5) is 32.4. The SMILES string of the molecule is CN(CCCNC(=O)c1ccncc1F)C(=O)c1ccncc1F. The number of aromatic nitrogens is 2. The molecule has 0 aliphatic carbocycles. The first-order valence-electron chi connectivity index (χ1n) is 7.23. The maximum atomic E-state index is 13.5. The first-order valence-corrected chi connectivity index (χ1v) is 7.23. The van der Waals surface area contributed by atoms with Crippen LogP contribution in [0.2, 0.25) is 0 Å². The van der Waals surface area contributed by atoms with Crippen LogP contribution in [0.1, 0.15) is 27.1 Å². The first kappa shape index (κ1) is 17.5. The topological polar surface area (TPSA) is 75.2 Å². The summed E-state index contributed by atoms with van der Waals surface area (Å²) >= 11 is 0. The van der Waals surface area contributed by atoms with Crippen LogP contribution in [0, 0.1) is 11.6 Å². The Morgan fingerprint density at radius 2 is 1.67 bits per heavy atom. The predicted molar refractivity (Wildman–Crippen MR) is 82.3 cm³/mol. The Morgan fingerprint density at radius 3 is 2.25 bits per heavy atom. The summed E-state index contributed by atoms with van der Waals surface area (Å²) in [7, 11) is 1.53. The van der Waals surface area contributed by atoms with E-state index in [1.807, 2.05) is 0 Å². The summed E-state index contributed by atoms with van der Waals surface area (Å²) in [5, 5.41) is 2.56. The summed E-state index contributed by atoms with van der Waals surface area (Å²) in [6.45, 7) is 0.552. The maximum Gasteiger partial charge on any atom is 0.256 e. The molecule has 24 heavy (non-hydrogen) atoms. The molecule has 0 radical (unpaired) electrons. The van der Waals surface area contributed by atoms with Gasteiger partial charge in [0.2, 0.25) is 0 Å². The Balaban J connectivity index is 1.80. The summed E-state index contributed by atoms with van der Waals surface area (Å²) in [5.74, 6) is -2.41. The van der Waals surface area contributed by atoms with Gasteiger partial charge >= 0.3 is 0 Å². The van der Waals surface area contributed by atoms with Gasteiger partial charge in [0.05, 0.1) is 23.5 Å². The number of carbonyl (C=O) groups is 2. The molecular weight excluding hydrogens is 318 g/mol. The maximum absolute atomic E-state index is 13.5. The van der Waals surface area contributed by atoms with E-state index in [1.165, 1.54) is 36.5 Å². The zero-order chi connectivity index (χ0) is 17.5. The Bertz CT molecular complexity index is 740. The van der Waals surface area contributed by atoms with Crippen LogP contribution in [-0.4, -0.2) is 46.8 Å². The lowest BCUT2D eigenvalue weighted by atomic mass is 10.2. The molecule has 6 nitrogen and oxygen atoms in total. The number of nitrogens with zero attached hydrogens (tertiary/aromatic N) is 3. The second-order valence-electron chi connectivity index (χ2n) is 5.05. The van der Waals surface area contributed by atoms with Crippen molar-refractivity contribution in [3.63, 3.8) is 0 Å². The van der Waals surface area contributed by atoms with Crippen LogP contribution in [-0.2, 0) is 0 Å². The van der Waals surface area contributed by atoms with Crippen molar-refractivity contribution in [2.24, 2.45) is 0 Å². The number of rotatable bonds is 6. The fraction of sp³-hybridized carbons (Fsp3) is 0.250.